The van der Waals surface area contributed by atoms with Crippen LogP contribution < -0.4 is 10.1 Å². The molecule has 3 atom stereocenters. The molecule has 2 heteroatoms. The molecule has 0 amide bonds. The molecule has 2 nitrogen and oxygen atoms in total. The van der Waals surface area contributed by atoms with Crippen molar-refractivity contribution in [2.75, 3.05) is 13.2 Å². The van der Waals surface area contributed by atoms with E-state index >= 15 is 0 Å². The van der Waals surface area contributed by atoms with Crippen LogP contribution in [0.1, 0.15) is 57.2 Å². The van der Waals surface area contributed by atoms with Crippen molar-refractivity contribution in [1.29, 1.82) is 0 Å². The van der Waals surface area contributed by atoms with E-state index in [9.17, 15) is 0 Å². The molecular weight excluding hydrogens is 222 g/mol. The van der Waals surface area contributed by atoms with E-state index in [-0.39, 0.29) is 0 Å². The second-order valence-electron chi connectivity index (χ2n) is 5.30. The zero-order valence-corrected chi connectivity index (χ0v) is 12.0. The molecule has 0 aromatic heterocycles. The monoisotopic (exact) mass is 247 g/mol. The molecule has 0 bridgehead atoms. The fourth-order valence-corrected chi connectivity index (χ4v) is 2.94. The van der Waals surface area contributed by atoms with Crippen LogP contribution in [0.15, 0.2) is 18.2 Å². The Morgan fingerprint density at radius 3 is 2.61 bits per heavy atom. The van der Waals surface area contributed by atoms with Gasteiger partial charge in [0.15, 0.2) is 0 Å². The molecule has 0 aliphatic heterocycles. The summed E-state index contributed by atoms with van der Waals surface area (Å²) in [5.41, 5.74) is 2.92. The first-order valence-corrected chi connectivity index (χ1v) is 7.19. The molecule has 0 spiro atoms. The largest absolute Gasteiger partial charge is 0.494 e. The van der Waals surface area contributed by atoms with Gasteiger partial charge in [-0.05, 0) is 55.0 Å². The van der Waals surface area contributed by atoms with Gasteiger partial charge in [-0.25, -0.2) is 0 Å². The SMILES string of the molecule is CCCNC1c2cc(OCC)ccc2C(C)C1C. The number of nitrogens with one attached hydrogen (secondary N) is 1. The third kappa shape index (κ3) is 2.39. The number of hydrogen-bond acceptors (Lipinski definition) is 2. The second-order valence-corrected chi connectivity index (χ2v) is 5.30. The lowest BCUT2D eigenvalue weighted by Gasteiger charge is -2.20. The summed E-state index contributed by atoms with van der Waals surface area (Å²) in [6.45, 7) is 10.7. The Bertz CT molecular complexity index is 402. The van der Waals surface area contributed by atoms with Crippen molar-refractivity contribution in [2.24, 2.45) is 5.92 Å². The number of benzene rings is 1. The molecule has 2 rings (SSSR count). The molecule has 0 saturated heterocycles. The van der Waals surface area contributed by atoms with Crippen molar-refractivity contribution < 1.29 is 4.74 Å². The van der Waals surface area contributed by atoms with Gasteiger partial charge in [0.05, 0.1) is 6.61 Å². The summed E-state index contributed by atoms with van der Waals surface area (Å²) in [5, 5.41) is 3.68. The highest BCUT2D eigenvalue weighted by Gasteiger charge is 2.34. The van der Waals surface area contributed by atoms with Crippen LogP contribution in [0.2, 0.25) is 0 Å². The Labute approximate surface area is 111 Å². The van der Waals surface area contributed by atoms with Gasteiger partial charge in [-0.2, -0.15) is 0 Å². The maximum atomic E-state index is 5.63. The van der Waals surface area contributed by atoms with Crippen LogP contribution in [0.25, 0.3) is 0 Å². The van der Waals surface area contributed by atoms with Gasteiger partial charge in [0.2, 0.25) is 0 Å². The van der Waals surface area contributed by atoms with Gasteiger partial charge < -0.3 is 10.1 Å². The van der Waals surface area contributed by atoms with E-state index in [4.69, 9.17) is 4.74 Å². The molecule has 18 heavy (non-hydrogen) atoms. The number of ether oxygens (including phenoxy) is 1. The Morgan fingerprint density at radius 2 is 1.94 bits per heavy atom. The summed E-state index contributed by atoms with van der Waals surface area (Å²) in [5.74, 6) is 2.29. The van der Waals surface area contributed by atoms with E-state index < -0.39 is 0 Å². The molecule has 1 aliphatic carbocycles. The van der Waals surface area contributed by atoms with E-state index in [2.05, 4.69) is 44.3 Å². The molecule has 0 saturated carbocycles. The van der Waals surface area contributed by atoms with Gasteiger partial charge >= 0.3 is 0 Å². The average molecular weight is 247 g/mol. The maximum absolute atomic E-state index is 5.63. The zero-order valence-electron chi connectivity index (χ0n) is 12.0. The maximum Gasteiger partial charge on any atom is 0.119 e. The minimum absolute atomic E-state index is 0.482. The van der Waals surface area contributed by atoms with Crippen molar-refractivity contribution in [3.63, 3.8) is 0 Å². The molecule has 1 N–H and O–H groups in total. The highest BCUT2D eigenvalue weighted by atomic mass is 16.5. The highest BCUT2D eigenvalue weighted by Crippen LogP contribution is 2.45. The summed E-state index contributed by atoms with van der Waals surface area (Å²) in [6.07, 6.45) is 1.18. The zero-order chi connectivity index (χ0) is 13.1. The molecule has 0 heterocycles. The van der Waals surface area contributed by atoms with Crippen LogP contribution in [0.3, 0.4) is 0 Å². The van der Waals surface area contributed by atoms with Crippen LogP contribution in [0.4, 0.5) is 0 Å². The lowest BCUT2D eigenvalue weighted by atomic mass is 9.94. The first-order chi connectivity index (χ1) is 8.69. The number of rotatable bonds is 5. The summed E-state index contributed by atoms with van der Waals surface area (Å²) >= 11 is 0. The molecule has 0 radical (unpaired) electrons. The molecule has 1 aliphatic rings. The van der Waals surface area contributed by atoms with Crippen LogP contribution >= 0.6 is 0 Å². The van der Waals surface area contributed by atoms with Crippen molar-refractivity contribution >= 4 is 0 Å². The lowest BCUT2D eigenvalue weighted by Crippen LogP contribution is -2.25. The van der Waals surface area contributed by atoms with Crippen LogP contribution in [0.5, 0.6) is 5.75 Å². The normalized spacial score (nSPS) is 26.1. The molecule has 0 fully saturated rings. The summed E-state index contributed by atoms with van der Waals surface area (Å²) < 4.78 is 5.63. The van der Waals surface area contributed by atoms with Gasteiger partial charge in [-0.3, -0.25) is 0 Å². The summed E-state index contributed by atoms with van der Waals surface area (Å²) in [7, 11) is 0. The van der Waals surface area contributed by atoms with Crippen molar-refractivity contribution in [3.05, 3.63) is 29.3 Å². The Hall–Kier alpha value is -1.02. The Morgan fingerprint density at radius 1 is 1.17 bits per heavy atom. The van der Waals surface area contributed by atoms with E-state index in [1.165, 1.54) is 17.5 Å². The van der Waals surface area contributed by atoms with Crippen molar-refractivity contribution in [3.8, 4) is 5.75 Å². The van der Waals surface area contributed by atoms with Gasteiger partial charge in [0.1, 0.15) is 5.75 Å². The predicted octanol–water partition coefficient (Wildman–Crippen LogP) is 3.88. The molecule has 1 aromatic rings. The predicted molar refractivity (Wildman–Crippen MR) is 76.2 cm³/mol. The Kier molecular flexibility index (Phi) is 4.28. The fraction of sp³-hybridized carbons (Fsp3) is 0.625. The average Bonchev–Trinajstić information content (AvgIpc) is 2.60. The van der Waals surface area contributed by atoms with Crippen LogP contribution in [0, 0.1) is 5.92 Å². The minimum Gasteiger partial charge on any atom is -0.494 e. The van der Waals surface area contributed by atoms with E-state index in [0.29, 0.717) is 17.9 Å². The summed E-state index contributed by atoms with van der Waals surface area (Å²) in [4.78, 5) is 0. The number of hydrogen-bond donors (Lipinski definition) is 1. The lowest BCUT2D eigenvalue weighted by molar-refractivity contribution is 0.338. The third-order valence-corrected chi connectivity index (χ3v) is 4.12. The molecule has 100 valence electrons. The van der Waals surface area contributed by atoms with Gasteiger partial charge in [-0.1, -0.05) is 26.8 Å². The van der Waals surface area contributed by atoms with E-state index in [0.717, 1.165) is 18.9 Å². The summed E-state index contributed by atoms with van der Waals surface area (Å²) in [6, 6.07) is 7.06. The third-order valence-electron chi connectivity index (χ3n) is 4.12. The quantitative estimate of drug-likeness (QED) is 0.852. The number of fused-ring (bicyclic) bond motifs is 1. The minimum atomic E-state index is 0.482. The molecular formula is C16H25NO. The molecule has 3 unspecified atom stereocenters. The Balaban J connectivity index is 2.28. The standard InChI is InChI=1S/C16H25NO/c1-5-9-17-16-12(4)11(3)14-8-7-13(18-6-2)10-15(14)16/h7-8,10-12,16-17H,5-6,9H2,1-4H3. The fourth-order valence-electron chi connectivity index (χ4n) is 2.94. The highest BCUT2D eigenvalue weighted by molar-refractivity contribution is 5.44. The van der Waals surface area contributed by atoms with Gasteiger partial charge in [0.25, 0.3) is 0 Å². The smallest absolute Gasteiger partial charge is 0.119 e. The van der Waals surface area contributed by atoms with Crippen molar-refractivity contribution in [1.82, 2.24) is 5.32 Å². The van der Waals surface area contributed by atoms with E-state index in [1.54, 1.807) is 0 Å². The van der Waals surface area contributed by atoms with E-state index in [1.807, 2.05) is 6.92 Å². The first-order valence-electron chi connectivity index (χ1n) is 7.19. The van der Waals surface area contributed by atoms with Gasteiger partial charge in [0, 0.05) is 6.04 Å². The van der Waals surface area contributed by atoms with Crippen LogP contribution in [-0.4, -0.2) is 13.2 Å². The topological polar surface area (TPSA) is 21.3 Å². The van der Waals surface area contributed by atoms with Crippen molar-refractivity contribution in [2.45, 2.75) is 46.1 Å². The van der Waals surface area contributed by atoms with Crippen LogP contribution in [-0.2, 0) is 0 Å². The molecule has 1 aromatic carbocycles. The second kappa shape index (κ2) is 5.75. The first kappa shape index (κ1) is 13.4. The van der Waals surface area contributed by atoms with Gasteiger partial charge in [-0.15, -0.1) is 0 Å².